The molecule has 0 bridgehead atoms. The molecule has 0 aromatic carbocycles. The van der Waals surface area contributed by atoms with Gasteiger partial charge in [0.1, 0.15) is 6.17 Å². The molecule has 2 aliphatic rings. The van der Waals surface area contributed by atoms with Crippen LogP contribution in [0.25, 0.3) is 0 Å². The molecule has 1 atom stereocenters. The summed E-state index contributed by atoms with van der Waals surface area (Å²) in [5.74, 6) is 0. The summed E-state index contributed by atoms with van der Waals surface area (Å²) in [6.45, 7) is 5.76. The Balaban J connectivity index is 1.84. The van der Waals surface area contributed by atoms with Gasteiger partial charge in [0, 0.05) is 5.41 Å². The lowest BCUT2D eigenvalue weighted by Gasteiger charge is -2.36. The minimum atomic E-state index is -0.844. The van der Waals surface area contributed by atoms with E-state index in [1.54, 1.807) is 0 Å². The summed E-state index contributed by atoms with van der Waals surface area (Å²) >= 11 is 0. The van der Waals surface area contributed by atoms with E-state index < -0.39 is 6.17 Å². The van der Waals surface area contributed by atoms with Crippen LogP contribution in [0.5, 0.6) is 0 Å². The van der Waals surface area contributed by atoms with Crippen LogP contribution in [0.15, 0.2) is 0 Å². The number of carbonyl (C=O) groups excluding carboxylic acids is 1. The number of carbonyl (C=O) groups is 1. The largest absolute Gasteiger partial charge is 0.379 e. The highest BCUT2D eigenvalue weighted by Gasteiger charge is 2.39. The third-order valence-electron chi connectivity index (χ3n) is 3.12. The molecule has 5 heteroatoms. The van der Waals surface area contributed by atoms with Gasteiger partial charge in [-0.2, -0.15) is 0 Å². The third kappa shape index (κ3) is 2.07. The average molecular weight is 216 g/mol. The summed E-state index contributed by atoms with van der Waals surface area (Å²) in [7, 11) is 0. The van der Waals surface area contributed by atoms with Crippen molar-refractivity contribution >= 4 is 6.03 Å². The summed E-state index contributed by atoms with van der Waals surface area (Å²) in [5.41, 5.74) is -0.0321. The van der Waals surface area contributed by atoms with Crippen molar-refractivity contribution in [2.24, 2.45) is 5.41 Å². The fourth-order valence-electron chi connectivity index (χ4n) is 1.83. The molecule has 0 radical (unpaired) electrons. The molecule has 1 N–H and O–H groups in total. The Morgan fingerprint density at radius 2 is 2.20 bits per heavy atom. The van der Waals surface area contributed by atoms with Crippen LogP contribution in [0.4, 0.5) is 9.18 Å². The Morgan fingerprint density at radius 1 is 1.53 bits per heavy atom. The summed E-state index contributed by atoms with van der Waals surface area (Å²) in [5, 5.41) is 2.89. The summed E-state index contributed by atoms with van der Waals surface area (Å²) in [6, 6.07) is -0.142. The summed E-state index contributed by atoms with van der Waals surface area (Å²) in [4.78, 5) is 13.1. The fraction of sp³-hybridized carbons (Fsp3) is 0.900. The molecular weight excluding hydrogens is 199 g/mol. The van der Waals surface area contributed by atoms with Crippen molar-refractivity contribution in [3.63, 3.8) is 0 Å². The Morgan fingerprint density at radius 3 is 2.67 bits per heavy atom. The first-order chi connectivity index (χ1) is 6.99. The van der Waals surface area contributed by atoms with E-state index in [4.69, 9.17) is 4.74 Å². The number of rotatable bonds is 1. The van der Waals surface area contributed by atoms with Crippen LogP contribution >= 0.6 is 0 Å². The van der Waals surface area contributed by atoms with Crippen molar-refractivity contribution < 1.29 is 13.9 Å². The number of hydrogen-bond donors (Lipinski definition) is 1. The number of urea groups is 1. The first-order valence-corrected chi connectivity index (χ1v) is 5.26. The van der Waals surface area contributed by atoms with Gasteiger partial charge in [0.05, 0.1) is 32.3 Å². The molecule has 0 aromatic rings. The van der Waals surface area contributed by atoms with Gasteiger partial charge in [-0.3, -0.25) is 0 Å². The van der Waals surface area contributed by atoms with Gasteiger partial charge in [0.25, 0.3) is 0 Å². The maximum absolute atomic E-state index is 12.5. The van der Waals surface area contributed by atoms with Crippen molar-refractivity contribution in [2.75, 3.05) is 26.3 Å². The first kappa shape index (κ1) is 10.7. The fourth-order valence-corrected chi connectivity index (χ4v) is 1.83. The van der Waals surface area contributed by atoms with Gasteiger partial charge < -0.3 is 15.0 Å². The maximum Gasteiger partial charge on any atom is 0.317 e. The molecule has 2 fully saturated rings. The van der Waals surface area contributed by atoms with Gasteiger partial charge in [0.15, 0.2) is 0 Å². The molecule has 0 saturated carbocycles. The van der Waals surface area contributed by atoms with Crippen molar-refractivity contribution in [1.29, 1.82) is 0 Å². The van der Waals surface area contributed by atoms with E-state index >= 15 is 0 Å². The molecule has 0 aliphatic carbocycles. The normalized spacial score (nSPS) is 30.1. The number of ether oxygens (including phenoxy) is 1. The molecule has 2 heterocycles. The minimum Gasteiger partial charge on any atom is -0.379 e. The second kappa shape index (κ2) is 3.63. The van der Waals surface area contributed by atoms with Crippen molar-refractivity contribution in [2.45, 2.75) is 26.1 Å². The molecule has 0 spiro atoms. The minimum absolute atomic E-state index is 0.0312. The van der Waals surface area contributed by atoms with Gasteiger partial charge >= 0.3 is 6.03 Å². The standard InChI is InChI=1S/C10H17FN2O2/c1-10(2)6-15-5-8(10)12-9(14)13-3-7(11)4-13/h7-8H,3-6H2,1-2H3,(H,12,14). The monoisotopic (exact) mass is 216 g/mol. The number of halogens is 1. The molecule has 15 heavy (non-hydrogen) atoms. The first-order valence-electron chi connectivity index (χ1n) is 5.26. The highest BCUT2D eigenvalue weighted by molar-refractivity contribution is 5.75. The quantitative estimate of drug-likeness (QED) is 0.703. The predicted octanol–water partition coefficient (Wildman–Crippen LogP) is 0.775. The predicted molar refractivity (Wildman–Crippen MR) is 53.4 cm³/mol. The van der Waals surface area contributed by atoms with Crippen LogP contribution in [0.2, 0.25) is 0 Å². The molecule has 1 unspecified atom stereocenters. The Kier molecular flexibility index (Phi) is 2.58. The lowest BCUT2D eigenvalue weighted by Crippen LogP contribution is -2.58. The van der Waals surface area contributed by atoms with Crippen LogP contribution in [-0.4, -0.2) is 49.4 Å². The number of alkyl halides is 1. The van der Waals surface area contributed by atoms with Crippen molar-refractivity contribution in [3.05, 3.63) is 0 Å². The molecule has 2 amide bonds. The Bertz CT molecular complexity index is 264. The average Bonchev–Trinajstić information content (AvgIpc) is 2.40. The molecule has 2 saturated heterocycles. The molecule has 0 aromatic heterocycles. The van der Waals surface area contributed by atoms with E-state index in [2.05, 4.69) is 19.2 Å². The van der Waals surface area contributed by atoms with Crippen LogP contribution in [0.1, 0.15) is 13.8 Å². The Hall–Kier alpha value is -0.840. The topological polar surface area (TPSA) is 41.6 Å². The van der Waals surface area contributed by atoms with E-state index in [1.165, 1.54) is 4.90 Å². The lowest BCUT2D eigenvalue weighted by molar-refractivity contribution is 0.0858. The highest BCUT2D eigenvalue weighted by Crippen LogP contribution is 2.27. The molecule has 2 rings (SSSR count). The zero-order chi connectivity index (χ0) is 11.1. The summed E-state index contributed by atoms with van der Waals surface area (Å²) in [6.07, 6.45) is -0.844. The lowest BCUT2D eigenvalue weighted by atomic mass is 9.88. The molecule has 2 aliphatic heterocycles. The zero-order valence-corrected chi connectivity index (χ0v) is 9.12. The van der Waals surface area contributed by atoms with Crippen LogP contribution in [0.3, 0.4) is 0 Å². The van der Waals surface area contributed by atoms with Crippen molar-refractivity contribution in [3.8, 4) is 0 Å². The number of amides is 2. The molecule has 4 nitrogen and oxygen atoms in total. The van der Waals surface area contributed by atoms with Gasteiger partial charge in [-0.15, -0.1) is 0 Å². The van der Waals surface area contributed by atoms with Crippen LogP contribution in [0, 0.1) is 5.41 Å². The highest BCUT2D eigenvalue weighted by atomic mass is 19.1. The van der Waals surface area contributed by atoms with E-state index in [0.717, 1.165) is 0 Å². The van der Waals surface area contributed by atoms with E-state index in [-0.39, 0.29) is 30.6 Å². The van der Waals surface area contributed by atoms with Crippen LogP contribution in [-0.2, 0) is 4.74 Å². The number of likely N-dealkylation sites (tertiary alicyclic amines) is 1. The van der Waals surface area contributed by atoms with Gasteiger partial charge in [0.2, 0.25) is 0 Å². The van der Waals surface area contributed by atoms with Gasteiger partial charge in [-0.1, -0.05) is 13.8 Å². The second-order valence-corrected chi connectivity index (χ2v) is 5.01. The zero-order valence-electron chi connectivity index (χ0n) is 9.12. The third-order valence-corrected chi connectivity index (χ3v) is 3.12. The van der Waals surface area contributed by atoms with Gasteiger partial charge in [-0.25, -0.2) is 9.18 Å². The summed E-state index contributed by atoms with van der Waals surface area (Å²) < 4.78 is 17.9. The van der Waals surface area contributed by atoms with Crippen LogP contribution < -0.4 is 5.32 Å². The molecular formula is C10H17FN2O2. The number of nitrogens with one attached hydrogen (secondary N) is 1. The SMILES string of the molecule is CC1(C)COCC1NC(=O)N1CC(F)C1. The van der Waals surface area contributed by atoms with E-state index in [1.807, 2.05) is 0 Å². The van der Waals surface area contributed by atoms with Gasteiger partial charge in [-0.05, 0) is 0 Å². The smallest absolute Gasteiger partial charge is 0.317 e. The number of hydrogen-bond acceptors (Lipinski definition) is 2. The van der Waals surface area contributed by atoms with Crippen molar-refractivity contribution in [1.82, 2.24) is 10.2 Å². The number of nitrogens with zero attached hydrogens (tertiary/aromatic N) is 1. The molecule has 86 valence electrons. The second-order valence-electron chi connectivity index (χ2n) is 5.01. The van der Waals surface area contributed by atoms with E-state index in [9.17, 15) is 9.18 Å². The Labute approximate surface area is 88.8 Å². The van der Waals surface area contributed by atoms with E-state index in [0.29, 0.717) is 13.2 Å². The maximum atomic E-state index is 12.5.